The predicted molar refractivity (Wildman–Crippen MR) is 53.7 cm³/mol. The summed E-state index contributed by atoms with van der Waals surface area (Å²) in [7, 11) is 0. The third kappa shape index (κ3) is 2.65. The van der Waals surface area contributed by atoms with Crippen molar-refractivity contribution in [1.82, 2.24) is 0 Å². The molecule has 0 aliphatic rings. The summed E-state index contributed by atoms with van der Waals surface area (Å²) in [6.07, 6.45) is -4.71. The minimum atomic E-state index is -4.71. The standard InChI is InChI=1S/C9H8BrF4NO/c10-4-1-5(7(15)3-11)8(16)6(2-4)9(12,13)14/h1-2,7,16H,3,15H2/t7-/m1/s1. The van der Waals surface area contributed by atoms with Crippen LogP contribution in [0.4, 0.5) is 17.6 Å². The lowest BCUT2D eigenvalue weighted by atomic mass is 10.0. The van der Waals surface area contributed by atoms with E-state index in [1.165, 1.54) is 0 Å². The van der Waals surface area contributed by atoms with Crippen LogP contribution < -0.4 is 5.73 Å². The van der Waals surface area contributed by atoms with Crippen molar-refractivity contribution in [1.29, 1.82) is 0 Å². The van der Waals surface area contributed by atoms with Crippen molar-refractivity contribution in [2.75, 3.05) is 6.67 Å². The Morgan fingerprint density at radius 1 is 1.38 bits per heavy atom. The molecule has 3 N–H and O–H groups in total. The summed E-state index contributed by atoms with van der Waals surface area (Å²) >= 11 is 2.85. The number of nitrogens with two attached hydrogens (primary N) is 1. The lowest BCUT2D eigenvalue weighted by Gasteiger charge is -2.16. The Morgan fingerprint density at radius 2 is 1.94 bits per heavy atom. The normalized spacial score (nSPS) is 13.9. The van der Waals surface area contributed by atoms with E-state index >= 15 is 0 Å². The van der Waals surface area contributed by atoms with Crippen LogP contribution in [0.2, 0.25) is 0 Å². The van der Waals surface area contributed by atoms with Gasteiger partial charge in [0.05, 0.1) is 11.6 Å². The predicted octanol–water partition coefficient (Wildman–Crippen LogP) is 3.14. The zero-order chi connectivity index (χ0) is 12.5. The van der Waals surface area contributed by atoms with Crippen LogP contribution >= 0.6 is 15.9 Å². The van der Waals surface area contributed by atoms with E-state index in [0.29, 0.717) is 6.07 Å². The molecular weight excluding hydrogens is 294 g/mol. The molecule has 16 heavy (non-hydrogen) atoms. The van der Waals surface area contributed by atoms with Gasteiger partial charge < -0.3 is 10.8 Å². The van der Waals surface area contributed by atoms with Crippen molar-refractivity contribution in [3.05, 3.63) is 27.7 Å². The number of hydrogen-bond donors (Lipinski definition) is 2. The molecule has 0 fully saturated rings. The van der Waals surface area contributed by atoms with Crippen molar-refractivity contribution >= 4 is 15.9 Å². The molecular formula is C9H8BrF4NO. The lowest BCUT2D eigenvalue weighted by Crippen LogP contribution is -2.15. The molecule has 0 spiro atoms. The van der Waals surface area contributed by atoms with E-state index < -0.39 is 30.2 Å². The molecule has 0 aliphatic heterocycles. The number of benzene rings is 1. The van der Waals surface area contributed by atoms with Crippen LogP contribution in [-0.2, 0) is 6.18 Å². The Kier molecular flexibility index (Phi) is 3.80. The third-order valence-corrected chi connectivity index (χ3v) is 2.43. The zero-order valence-corrected chi connectivity index (χ0v) is 9.44. The number of halogens is 5. The molecule has 0 radical (unpaired) electrons. The first-order valence-corrected chi connectivity index (χ1v) is 4.97. The molecule has 1 aromatic rings. The van der Waals surface area contributed by atoms with E-state index in [1.807, 2.05) is 0 Å². The number of rotatable bonds is 2. The highest BCUT2D eigenvalue weighted by Crippen LogP contribution is 2.41. The largest absolute Gasteiger partial charge is 0.507 e. The average molecular weight is 302 g/mol. The summed E-state index contributed by atoms with van der Waals surface area (Å²) in [6.45, 7) is -1.05. The maximum Gasteiger partial charge on any atom is 0.420 e. The minimum Gasteiger partial charge on any atom is -0.507 e. The Balaban J connectivity index is 3.38. The van der Waals surface area contributed by atoms with Crippen LogP contribution in [0.5, 0.6) is 5.75 Å². The van der Waals surface area contributed by atoms with Crippen LogP contribution in [0.1, 0.15) is 17.2 Å². The van der Waals surface area contributed by atoms with Crippen molar-refractivity contribution < 1.29 is 22.7 Å². The fraction of sp³-hybridized carbons (Fsp3) is 0.333. The van der Waals surface area contributed by atoms with Gasteiger partial charge in [0.25, 0.3) is 0 Å². The quantitative estimate of drug-likeness (QED) is 0.824. The van der Waals surface area contributed by atoms with Gasteiger partial charge in [-0.25, -0.2) is 4.39 Å². The van der Waals surface area contributed by atoms with E-state index in [9.17, 15) is 22.7 Å². The first-order valence-electron chi connectivity index (χ1n) is 4.18. The van der Waals surface area contributed by atoms with Gasteiger partial charge in [-0.2, -0.15) is 13.2 Å². The van der Waals surface area contributed by atoms with Gasteiger partial charge in [0.2, 0.25) is 0 Å². The SMILES string of the molecule is N[C@H](CF)c1cc(Br)cc(C(F)(F)F)c1O. The number of hydrogen-bond acceptors (Lipinski definition) is 2. The van der Waals surface area contributed by atoms with Gasteiger partial charge in [0.1, 0.15) is 12.4 Å². The summed E-state index contributed by atoms with van der Waals surface area (Å²) < 4.78 is 49.7. The number of phenolic OH excluding ortho intramolecular Hbond substituents is 1. The molecule has 0 bridgehead atoms. The van der Waals surface area contributed by atoms with Gasteiger partial charge in [-0.3, -0.25) is 0 Å². The number of aromatic hydroxyl groups is 1. The van der Waals surface area contributed by atoms with E-state index in [-0.39, 0.29) is 10.0 Å². The van der Waals surface area contributed by atoms with Gasteiger partial charge in [0, 0.05) is 10.0 Å². The molecule has 2 nitrogen and oxygen atoms in total. The monoisotopic (exact) mass is 301 g/mol. The fourth-order valence-electron chi connectivity index (χ4n) is 1.20. The van der Waals surface area contributed by atoms with Crippen LogP contribution in [0.15, 0.2) is 16.6 Å². The molecule has 1 atom stereocenters. The second-order valence-corrected chi connectivity index (χ2v) is 4.07. The van der Waals surface area contributed by atoms with Crippen LogP contribution in [0, 0.1) is 0 Å². The van der Waals surface area contributed by atoms with Crippen molar-refractivity contribution in [3.63, 3.8) is 0 Å². The highest BCUT2D eigenvalue weighted by Gasteiger charge is 2.35. The second-order valence-electron chi connectivity index (χ2n) is 3.15. The Labute approximate surface area is 97.2 Å². The lowest BCUT2D eigenvalue weighted by molar-refractivity contribution is -0.138. The van der Waals surface area contributed by atoms with Crippen LogP contribution in [0.3, 0.4) is 0 Å². The van der Waals surface area contributed by atoms with E-state index in [0.717, 1.165) is 6.07 Å². The van der Waals surface area contributed by atoms with Gasteiger partial charge in [0.15, 0.2) is 0 Å². The number of phenols is 1. The Hall–Kier alpha value is -0.820. The topological polar surface area (TPSA) is 46.2 Å². The van der Waals surface area contributed by atoms with Gasteiger partial charge in [-0.15, -0.1) is 0 Å². The highest BCUT2D eigenvalue weighted by molar-refractivity contribution is 9.10. The van der Waals surface area contributed by atoms with Crippen molar-refractivity contribution in [2.24, 2.45) is 5.73 Å². The molecule has 1 rings (SSSR count). The molecule has 0 amide bonds. The average Bonchev–Trinajstić information content (AvgIpc) is 2.18. The highest BCUT2D eigenvalue weighted by atomic mass is 79.9. The van der Waals surface area contributed by atoms with E-state index in [1.54, 1.807) is 0 Å². The zero-order valence-electron chi connectivity index (χ0n) is 7.85. The summed E-state index contributed by atoms with van der Waals surface area (Å²) in [5, 5.41) is 9.36. The maximum atomic E-state index is 12.5. The maximum absolute atomic E-state index is 12.5. The van der Waals surface area contributed by atoms with E-state index in [2.05, 4.69) is 15.9 Å². The summed E-state index contributed by atoms with van der Waals surface area (Å²) in [5.41, 5.74) is 3.74. The molecule has 0 saturated carbocycles. The summed E-state index contributed by atoms with van der Waals surface area (Å²) in [4.78, 5) is 0. The summed E-state index contributed by atoms with van der Waals surface area (Å²) in [5.74, 6) is -1.03. The minimum absolute atomic E-state index is 0.0801. The van der Waals surface area contributed by atoms with Gasteiger partial charge >= 0.3 is 6.18 Å². The second kappa shape index (κ2) is 4.58. The first kappa shape index (κ1) is 13.2. The van der Waals surface area contributed by atoms with Crippen LogP contribution in [0.25, 0.3) is 0 Å². The van der Waals surface area contributed by atoms with Gasteiger partial charge in [-0.1, -0.05) is 15.9 Å². The Morgan fingerprint density at radius 3 is 2.38 bits per heavy atom. The molecule has 0 aliphatic carbocycles. The fourth-order valence-corrected chi connectivity index (χ4v) is 1.68. The van der Waals surface area contributed by atoms with Crippen molar-refractivity contribution in [3.8, 4) is 5.75 Å². The smallest absolute Gasteiger partial charge is 0.420 e. The van der Waals surface area contributed by atoms with E-state index in [4.69, 9.17) is 5.73 Å². The molecule has 90 valence electrons. The van der Waals surface area contributed by atoms with Crippen molar-refractivity contribution in [2.45, 2.75) is 12.2 Å². The van der Waals surface area contributed by atoms with Crippen LogP contribution in [-0.4, -0.2) is 11.8 Å². The number of alkyl halides is 4. The Bertz CT molecular complexity index is 394. The van der Waals surface area contributed by atoms with Gasteiger partial charge in [-0.05, 0) is 12.1 Å². The molecule has 0 aromatic heterocycles. The molecule has 0 heterocycles. The summed E-state index contributed by atoms with van der Waals surface area (Å²) in [6, 6.07) is 0.595. The first-order chi connectivity index (χ1) is 7.27. The third-order valence-electron chi connectivity index (χ3n) is 1.98. The molecule has 1 aromatic carbocycles. The molecule has 0 saturated heterocycles. The molecule has 0 unspecified atom stereocenters. The molecule has 7 heteroatoms.